The van der Waals surface area contributed by atoms with E-state index in [1.165, 1.54) is 19.9 Å². The van der Waals surface area contributed by atoms with Gasteiger partial charge in [0.1, 0.15) is 0 Å². The van der Waals surface area contributed by atoms with Gasteiger partial charge >= 0.3 is 5.97 Å². The minimum Gasteiger partial charge on any atom is -0.545 e. The summed E-state index contributed by atoms with van der Waals surface area (Å²) in [5.41, 5.74) is 0.155. The molecular weight excluding hydrogens is 160 g/mol. The van der Waals surface area contributed by atoms with Gasteiger partial charge in [0.2, 0.25) is 0 Å². The molecule has 0 aliphatic carbocycles. The van der Waals surface area contributed by atoms with Crippen molar-refractivity contribution in [3.8, 4) is 0 Å². The van der Waals surface area contributed by atoms with Crippen LogP contribution in [0.25, 0.3) is 0 Å². The normalized spacial score (nSPS) is 11.0. The smallest absolute Gasteiger partial charge is 0.302 e. The van der Waals surface area contributed by atoms with E-state index in [1.54, 1.807) is 0 Å². The molecule has 0 saturated carbocycles. The fourth-order valence-electron chi connectivity index (χ4n) is 0.561. The Labute approximate surface area is 70.8 Å². The highest BCUT2D eigenvalue weighted by Gasteiger charge is 1.91. The van der Waals surface area contributed by atoms with Crippen LogP contribution in [0, 0.1) is 0 Å². The second-order valence-electron chi connectivity index (χ2n) is 2.30. The Morgan fingerprint density at radius 1 is 1.42 bits per heavy atom. The Hall–Kier alpha value is -1.32. The minimum absolute atomic E-state index is 0.155. The van der Waals surface area contributed by atoms with E-state index in [0.717, 1.165) is 0 Å². The van der Waals surface area contributed by atoms with Gasteiger partial charge < -0.3 is 14.6 Å². The van der Waals surface area contributed by atoms with E-state index in [1.807, 2.05) is 0 Å². The number of carbonyl (C=O) groups is 2. The van der Waals surface area contributed by atoms with E-state index < -0.39 is 5.97 Å². The molecule has 0 aromatic heterocycles. The lowest BCUT2D eigenvalue weighted by Crippen LogP contribution is -2.23. The quantitative estimate of drug-likeness (QED) is 0.329. The van der Waals surface area contributed by atoms with Crippen LogP contribution in [-0.2, 0) is 14.3 Å². The van der Waals surface area contributed by atoms with Crippen molar-refractivity contribution in [3.63, 3.8) is 0 Å². The van der Waals surface area contributed by atoms with E-state index in [0.29, 0.717) is 6.42 Å². The number of carboxylic acid groups (broad SMARTS) is 1. The van der Waals surface area contributed by atoms with Crippen LogP contribution in [0.2, 0.25) is 0 Å². The molecule has 0 N–H and O–H groups in total. The average Bonchev–Trinajstić information content (AvgIpc) is 1.97. The molecule has 0 aliphatic rings. The lowest BCUT2D eigenvalue weighted by atomic mass is 10.2. The molecule has 4 nitrogen and oxygen atoms in total. The molecule has 0 aromatic rings. The molecule has 0 atom stereocenters. The van der Waals surface area contributed by atoms with Gasteiger partial charge in [0, 0.05) is 13.3 Å². The average molecular weight is 171 g/mol. The summed E-state index contributed by atoms with van der Waals surface area (Å²) in [6, 6.07) is 0. The predicted molar refractivity (Wildman–Crippen MR) is 40.0 cm³/mol. The molecule has 0 saturated heterocycles. The zero-order valence-electron chi connectivity index (χ0n) is 7.12. The van der Waals surface area contributed by atoms with Gasteiger partial charge in [-0.1, -0.05) is 6.08 Å². The number of hydrogen-bond donors (Lipinski definition) is 0. The van der Waals surface area contributed by atoms with Crippen molar-refractivity contribution in [2.75, 3.05) is 6.61 Å². The third-order valence-corrected chi connectivity index (χ3v) is 1.20. The van der Waals surface area contributed by atoms with Crippen molar-refractivity contribution in [2.45, 2.75) is 20.3 Å². The van der Waals surface area contributed by atoms with Gasteiger partial charge in [-0.25, -0.2) is 0 Å². The predicted octanol–water partition coefficient (Wildman–Crippen LogP) is -0.364. The SMILES string of the molecule is CC(=O)OCC/C=C(\C)C(=O)[O-]. The lowest BCUT2D eigenvalue weighted by Gasteiger charge is -2.01. The van der Waals surface area contributed by atoms with Gasteiger partial charge in [-0.2, -0.15) is 0 Å². The highest BCUT2D eigenvalue weighted by Crippen LogP contribution is 1.93. The number of carboxylic acids is 1. The summed E-state index contributed by atoms with van der Waals surface area (Å²) in [5, 5.41) is 10.1. The maximum atomic E-state index is 10.3. The van der Waals surface area contributed by atoms with Crippen molar-refractivity contribution in [3.05, 3.63) is 11.6 Å². The summed E-state index contributed by atoms with van der Waals surface area (Å²) in [6.45, 7) is 2.94. The number of esters is 1. The van der Waals surface area contributed by atoms with Crippen LogP contribution in [-0.4, -0.2) is 18.5 Å². The fourth-order valence-corrected chi connectivity index (χ4v) is 0.561. The Bertz CT molecular complexity index is 205. The first-order chi connectivity index (χ1) is 5.54. The van der Waals surface area contributed by atoms with Crippen LogP contribution in [0.3, 0.4) is 0 Å². The van der Waals surface area contributed by atoms with Gasteiger partial charge in [-0.3, -0.25) is 4.79 Å². The largest absolute Gasteiger partial charge is 0.545 e. The van der Waals surface area contributed by atoms with Crippen LogP contribution in [0.5, 0.6) is 0 Å². The Morgan fingerprint density at radius 2 is 2.00 bits per heavy atom. The number of rotatable bonds is 4. The summed E-state index contributed by atoms with van der Waals surface area (Å²) in [4.78, 5) is 20.4. The monoisotopic (exact) mass is 171 g/mol. The first-order valence-corrected chi connectivity index (χ1v) is 3.55. The van der Waals surface area contributed by atoms with Crippen LogP contribution in [0.4, 0.5) is 0 Å². The van der Waals surface area contributed by atoms with Gasteiger partial charge in [0.05, 0.1) is 12.6 Å². The molecule has 68 valence electrons. The maximum Gasteiger partial charge on any atom is 0.302 e. The molecule has 4 heteroatoms. The van der Waals surface area contributed by atoms with E-state index in [4.69, 9.17) is 0 Å². The molecule has 0 radical (unpaired) electrons. The van der Waals surface area contributed by atoms with Gasteiger partial charge in [0.15, 0.2) is 0 Å². The Balaban J connectivity index is 3.60. The fraction of sp³-hybridized carbons (Fsp3) is 0.500. The van der Waals surface area contributed by atoms with Crippen molar-refractivity contribution in [1.82, 2.24) is 0 Å². The van der Waals surface area contributed by atoms with E-state index >= 15 is 0 Å². The Kier molecular flexibility index (Phi) is 4.76. The lowest BCUT2D eigenvalue weighted by molar-refractivity contribution is -0.299. The zero-order valence-corrected chi connectivity index (χ0v) is 7.12. The van der Waals surface area contributed by atoms with Crippen molar-refractivity contribution in [2.24, 2.45) is 0 Å². The molecule has 0 aliphatic heterocycles. The molecule has 12 heavy (non-hydrogen) atoms. The molecule has 0 rings (SSSR count). The summed E-state index contributed by atoms with van der Waals surface area (Å²) in [7, 11) is 0. The van der Waals surface area contributed by atoms with Crippen LogP contribution < -0.4 is 5.11 Å². The van der Waals surface area contributed by atoms with Gasteiger partial charge in [-0.15, -0.1) is 0 Å². The van der Waals surface area contributed by atoms with Crippen LogP contribution in [0.1, 0.15) is 20.3 Å². The first-order valence-electron chi connectivity index (χ1n) is 3.55. The highest BCUT2D eigenvalue weighted by molar-refractivity contribution is 5.83. The van der Waals surface area contributed by atoms with Crippen molar-refractivity contribution in [1.29, 1.82) is 0 Å². The third-order valence-electron chi connectivity index (χ3n) is 1.20. The van der Waals surface area contributed by atoms with Gasteiger partial charge in [0.25, 0.3) is 0 Å². The first kappa shape index (κ1) is 10.7. The third kappa shape index (κ3) is 5.46. The second kappa shape index (κ2) is 5.35. The molecule has 0 fully saturated rings. The van der Waals surface area contributed by atoms with E-state index in [9.17, 15) is 14.7 Å². The number of ether oxygens (including phenoxy) is 1. The summed E-state index contributed by atoms with van der Waals surface area (Å²) in [5.74, 6) is -1.56. The van der Waals surface area contributed by atoms with E-state index in [-0.39, 0.29) is 18.1 Å². The van der Waals surface area contributed by atoms with Gasteiger partial charge in [-0.05, 0) is 12.5 Å². The molecule has 0 aromatic carbocycles. The summed E-state index contributed by atoms with van der Waals surface area (Å²) in [6.07, 6.45) is 1.86. The van der Waals surface area contributed by atoms with E-state index in [2.05, 4.69) is 4.74 Å². The highest BCUT2D eigenvalue weighted by atomic mass is 16.5. The van der Waals surface area contributed by atoms with Crippen molar-refractivity contribution >= 4 is 11.9 Å². The topological polar surface area (TPSA) is 66.4 Å². The van der Waals surface area contributed by atoms with Crippen LogP contribution >= 0.6 is 0 Å². The zero-order chi connectivity index (χ0) is 9.56. The molecule has 0 amide bonds. The summed E-state index contributed by atoms with van der Waals surface area (Å²) >= 11 is 0. The number of hydrogen-bond acceptors (Lipinski definition) is 4. The molecule has 0 unspecified atom stereocenters. The molecule has 0 spiro atoms. The van der Waals surface area contributed by atoms with Crippen LogP contribution in [0.15, 0.2) is 11.6 Å². The number of carbonyl (C=O) groups excluding carboxylic acids is 2. The summed E-state index contributed by atoms with van der Waals surface area (Å²) < 4.78 is 4.58. The molecule has 0 bridgehead atoms. The standard InChI is InChI=1S/C8H12O4/c1-6(8(10)11)4-3-5-12-7(2)9/h4H,3,5H2,1-2H3,(H,10,11)/p-1/b6-4+. The molecule has 0 heterocycles. The Morgan fingerprint density at radius 3 is 2.42 bits per heavy atom. The minimum atomic E-state index is -1.20. The number of aliphatic carboxylic acids is 1. The second-order valence-corrected chi connectivity index (χ2v) is 2.30. The maximum absolute atomic E-state index is 10.3. The van der Waals surface area contributed by atoms with Crippen molar-refractivity contribution < 1.29 is 19.4 Å². The molecular formula is C8H11O4-.